The van der Waals surface area contributed by atoms with Crippen LogP contribution < -0.4 is 0 Å². The second kappa shape index (κ2) is 3.22. The highest BCUT2D eigenvalue weighted by atomic mass is 16.5. The lowest BCUT2D eigenvalue weighted by Gasteiger charge is -2.34. The van der Waals surface area contributed by atoms with E-state index in [-0.39, 0.29) is 5.60 Å². The first-order valence-electron chi connectivity index (χ1n) is 6.52. The molecule has 1 saturated heterocycles. The molecule has 1 saturated carbocycles. The summed E-state index contributed by atoms with van der Waals surface area (Å²) in [4.78, 5) is 0. The minimum atomic E-state index is 0.0570. The zero-order valence-electron chi connectivity index (χ0n) is 10.6. The van der Waals surface area contributed by atoms with Crippen LogP contribution in [0.2, 0.25) is 0 Å². The van der Waals surface area contributed by atoms with Gasteiger partial charge in [0.15, 0.2) is 0 Å². The van der Waals surface area contributed by atoms with Gasteiger partial charge in [-0.2, -0.15) is 0 Å². The second-order valence-corrected chi connectivity index (χ2v) is 6.35. The molecule has 2 aliphatic carbocycles. The lowest BCUT2D eigenvalue weighted by atomic mass is 9.78. The van der Waals surface area contributed by atoms with Crippen LogP contribution in [0, 0.1) is 17.8 Å². The summed E-state index contributed by atoms with van der Waals surface area (Å²) < 4.78 is 6.19. The number of allylic oxidation sites excluding steroid dienone is 2. The Balaban J connectivity index is 1.95. The number of hydrogen-bond acceptors (Lipinski definition) is 1. The molecule has 0 amide bonds. The van der Waals surface area contributed by atoms with Crippen LogP contribution in [-0.4, -0.2) is 11.7 Å². The topological polar surface area (TPSA) is 9.23 Å². The van der Waals surface area contributed by atoms with E-state index in [1.54, 1.807) is 5.57 Å². The molecule has 0 spiro atoms. The van der Waals surface area contributed by atoms with Crippen LogP contribution in [0.3, 0.4) is 0 Å². The van der Waals surface area contributed by atoms with E-state index < -0.39 is 0 Å². The van der Waals surface area contributed by atoms with E-state index in [1.165, 1.54) is 24.8 Å². The van der Waals surface area contributed by atoms with Gasteiger partial charge < -0.3 is 4.74 Å². The Morgan fingerprint density at radius 3 is 2.81 bits per heavy atom. The molecule has 1 heterocycles. The van der Waals surface area contributed by atoms with Crippen LogP contribution >= 0.6 is 0 Å². The number of rotatable bonds is 0. The Morgan fingerprint density at radius 1 is 1.31 bits per heavy atom. The summed E-state index contributed by atoms with van der Waals surface area (Å²) in [6, 6.07) is 0. The van der Waals surface area contributed by atoms with Crippen LogP contribution in [0.25, 0.3) is 0 Å². The summed E-state index contributed by atoms with van der Waals surface area (Å²) in [5.41, 5.74) is 3.02. The SMILES string of the molecule is C=C1C2CC(CC3C(C)=CCC13)C(C)(C)O2. The molecule has 16 heavy (non-hydrogen) atoms. The van der Waals surface area contributed by atoms with Crippen molar-refractivity contribution in [1.82, 2.24) is 0 Å². The quantitative estimate of drug-likeness (QED) is 0.563. The zero-order valence-corrected chi connectivity index (χ0v) is 10.6. The molecule has 0 N–H and O–H groups in total. The van der Waals surface area contributed by atoms with Crippen molar-refractivity contribution in [2.75, 3.05) is 0 Å². The summed E-state index contributed by atoms with van der Waals surface area (Å²) in [5.74, 6) is 2.14. The Kier molecular flexibility index (Phi) is 2.13. The van der Waals surface area contributed by atoms with Gasteiger partial charge >= 0.3 is 0 Å². The van der Waals surface area contributed by atoms with Gasteiger partial charge in [-0.3, -0.25) is 0 Å². The predicted octanol–water partition coefficient (Wildman–Crippen LogP) is 3.71. The van der Waals surface area contributed by atoms with Gasteiger partial charge in [0.1, 0.15) is 0 Å². The average molecular weight is 218 g/mol. The molecule has 2 fully saturated rings. The van der Waals surface area contributed by atoms with Crippen LogP contribution in [-0.2, 0) is 4.74 Å². The van der Waals surface area contributed by atoms with Gasteiger partial charge in [0, 0.05) is 0 Å². The molecule has 0 aromatic heterocycles. The molecule has 0 aromatic rings. The molecule has 4 unspecified atom stereocenters. The maximum Gasteiger partial charge on any atom is 0.0796 e. The fraction of sp³-hybridized carbons (Fsp3) is 0.733. The van der Waals surface area contributed by atoms with Crippen LogP contribution in [0.5, 0.6) is 0 Å². The van der Waals surface area contributed by atoms with Gasteiger partial charge in [0.2, 0.25) is 0 Å². The second-order valence-electron chi connectivity index (χ2n) is 6.35. The van der Waals surface area contributed by atoms with E-state index in [1.807, 2.05) is 0 Å². The summed E-state index contributed by atoms with van der Waals surface area (Å²) >= 11 is 0. The molecular weight excluding hydrogens is 196 g/mol. The Bertz CT molecular complexity index is 364. The molecule has 4 atom stereocenters. The Hall–Kier alpha value is -0.560. The number of fused-ring (bicyclic) bond motifs is 3. The molecule has 2 bridgehead atoms. The third kappa shape index (κ3) is 1.34. The zero-order chi connectivity index (χ0) is 11.5. The molecule has 3 aliphatic rings. The molecular formula is C15H22O. The maximum absolute atomic E-state index is 6.19. The fourth-order valence-electron chi connectivity index (χ4n) is 3.91. The third-order valence-electron chi connectivity index (χ3n) is 5.12. The first kappa shape index (κ1) is 10.6. The van der Waals surface area contributed by atoms with E-state index >= 15 is 0 Å². The molecule has 88 valence electrons. The number of ether oxygens (including phenoxy) is 1. The first-order chi connectivity index (χ1) is 7.49. The van der Waals surface area contributed by atoms with Crippen LogP contribution in [0.4, 0.5) is 0 Å². The molecule has 0 aromatic carbocycles. The van der Waals surface area contributed by atoms with Gasteiger partial charge in [0.25, 0.3) is 0 Å². The van der Waals surface area contributed by atoms with E-state index in [4.69, 9.17) is 4.74 Å². The smallest absolute Gasteiger partial charge is 0.0796 e. The highest BCUT2D eigenvalue weighted by molar-refractivity contribution is 5.27. The normalized spacial score (nSPS) is 45.2. The summed E-state index contributed by atoms with van der Waals surface area (Å²) in [5, 5.41) is 0. The van der Waals surface area contributed by atoms with Gasteiger partial charge in [-0.05, 0) is 63.4 Å². The lowest BCUT2D eigenvalue weighted by Crippen LogP contribution is -2.33. The van der Waals surface area contributed by atoms with Crippen LogP contribution in [0.15, 0.2) is 23.8 Å². The Morgan fingerprint density at radius 2 is 2.06 bits per heavy atom. The maximum atomic E-state index is 6.19. The average Bonchev–Trinajstić information content (AvgIpc) is 2.65. The third-order valence-corrected chi connectivity index (χ3v) is 5.12. The van der Waals surface area contributed by atoms with Crippen molar-refractivity contribution in [2.24, 2.45) is 17.8 Å². The summed E-state index contributed by atoms with van der Waals surface area (Å²) in [7, 11) is 0. The standard InChI is InChI=1S/C15H22O/c1-9-5-6-12-10(2)14-8-11(7-13(9)12)15(3,4)16-14/h5,11-14H,2,6-8H2,1,3-4H3. The van der Waals surface area contributed by atoms with E-state index in [0.717, 1.165) is 5.92 Å². The van der Waals surface area contributed by atoms with Crippen molar-refractivity contribution in [2.45, 2.75) is 51.7 Å². The first-order valence-corrected chi connectivity index (χ1v) is 6.52. The van der Waals surface area contributed by atoms with Gasteiger partial charge in [-0.25, -0.2) is 0 Å². The highest BCUT2D eigenvalue weighted by Crippen LogP contribution is 2.52. The summed E-state index contributed by atoms with van der Waals surface area (Å²) in [6.45, 7) is 11.1. The predicted molar refractivity (Wildman–Crippen MR) is 66.2 cm³/mol. The lowest BCUT2D eigenvalue weighted by molar-refractivity contribution is -0.0331. The monoisotopic (exact) mass is 218 g/mol. The minimum absolute atomic E-state index is 0.0570. The molecule has 1 heteroatoms. The largest absolute Gasteiger partial charge is 0.368 e. The van der Waals surface area contributed by atoms with E-state index in [2.05, 4.69) is 33.4 Å². The molecule has 0 radical (unpaired) electrons. The van der Waals surface area contributed by atoms with E-state index in [0.29, 0.717) is 17.9 Å². The summed E-state index contributed by atoms with van der Waals surface area (Å²) in [6.07, 6.45) is 6.44. The molecule has 1 aliphatic heterocycles. The van der Waals surface area contributed by atoms with Gasteiger partial charge in [-0.1, -0.05) is 18.2 Å². The van der Waals surface area contributed by atoms with Crippen molar-refractivity contribution >= 4 is 0 Å². The van der Waals surface area contributed by atoms with Crippen LogP contribution in [0.1, 0.15) is 40.0 Å². The van der Waals surface area contributed by atoms with Gasteiger partial charge in [-0.15, -0.1) is 0 Å². The van der Waals surface area contributed by atoms with Gasteiger partial charge in [0.05, 0.1) is 11.7 Å². The molecule has 1 nitrogen and oxygen atoms in total. The van der Waals surface area contributed by atoms with Crippen molar-refractivity contribution in [3.05, 3.63) is 23.8 Å². The van der Waals surface area contributed by atoms with Crippen molar-refractivity contribution in [3.8, 4) is 0 Å². The van der Waals surface area contributed by atoms with Crippen molar-refractivity contribution in [3.63, 3.8) is 0 Å². The van der Waals surface area contributed by atoms with Crippen molar-refractivity contribution in [1.29, 1.82) is 0 Å². The highest BCUT2D eigenvalue weighted by Gasteiger charge is 2.49. The minimum Gasteiger partial charge on any atom is -0.368 e. The Labute approximate surface area is 98.6 Å². The fourth-order valence-corrected chi connectivity index (χ4v) is 3.91. The van der Waals surface area contributed by atoms with Crippen molar-refractivity contribution < 1.29 is 4.74 Å². The number of hydrogen-bond donors (Lipinski definition) is 0. The molecule has 3 rings (SSSR count). The van der Waals surface area contributed by atoms with E-state index in [9.17, 15) is 0 Å².